The number of rotatable bonds is 4. The third kappa shape index (κ3) is 4.82. The van der Waals surface area contributed by atoms with E-state index in [1.54, 1.807) is 4.90 Å². The minimum absolute atomic E-state index is 0.466. The molecule has 2 aliphatic heterocycles. The molecule has 132 valence electrons. The first-order chi connectivity index (χ1) is 11.6. The predicted octanol–water partition coefficient (Wildman–Crippen LogP) is 2.19. The van der Waals surface area contributed by atoms with E-state index >= 15 is 0 Å². The summed E-state index contributed by atoms with van der Waals surface area (Å²) in [6, 6.07) is 8.40. The van der Waals surface area contributed by atoms with Gasteiger partial charge in [0.15, 0.2) is 5.11 Å². The molecule has 0 saturated carbocycles. The fraction of sp³-hybridized carbons (Fsp3) is 0.611. The molecule has 1 aromatic carbocycles. The van der Waals surface area contributed by atoms with Crippen molar-refractivity contribution in [3.05, 3.63) is 29.3 Å². The van der Waals surface area contributed by atoms with E-state index in [-0.39, 0.29) is 0 Å². The highest BCUT2D eigenvalue weighted by Crippen LogP contribution is 2.17. The summed E-state index contributed by atoms with van der Waals surface area (Å²) in [4.78, 5) is 3.88. The first-order valence-electron chi connectivity index (χ1n) is 8.87. The molecule has 2 atom stereocenters. The summed E-state index contributed by atoms with van der Waals surface area (Å²) in [7, 11) is 2.31. The first-order valence-corrected chi connectivity index (χ1v) is 9.66. The van der Waals surface area contributed by atoms with Crippen LogP contribution < -0.4 is 10.2 Å². The number of hydrogen-bond acceptors (Lipinski definition) is 2. The molecule has 2 fully saturated rings. The van der Waals surface area contributed by atoms with E-state index in [2.05, 4.69) is 17.3 Å². The predicted molar refractivity (Wildman–Crippen MR) is 103 cm³/mol. The third-order valence-corrected chi connectivity index (χ3v) is 5.72. The Hall–Kier alpha value is -0.880. The molecule has 2 heterocycles. The van der Waals surface area contributed by atoms with Gasteiger partial charge in [0.05, 0.1) is 13.1 Å². The van der Waals surface area contributed by atoms with Crippen LogP contribution in [0, 0.1) is 0 Å². The lowest BCUT2D eigenvalue weighted by atomic mass is 10.0. The SMILES string of the molecule is C[NH+](CC1CCCO1)C1CCN(C(=S)Nc2cccc(Cl)c2)CC1. The van der Waals surface area contributed by atoms with Gasteiger partial charge in [0.25, 0.3) is 0 Å². The van der Waals surface area contributed by atoms with E-state index < -0.39 is 0 Å². The Kier molecular flexibility index (Phi) is 6.33. The zero-order valence-corrected chi connectivity index (χ0v) is 15.8. The molecule has 0 bridgehead atoms. The van der Waals surface area contributed by atoms with Crippen LogP contribution >= 0.6 is 23.8 Å². The Morgan fingerprint density at radius 3 is 2.83 bits per heavy atom. The fourth-order valence-corrected chi connectivity index (χ4v) is 4.17. The Balaban J connectivity index is 1.44. The van der Waals surface area contributed by atoms with Crippen molar-refractivity contribution in [3.8, 4) is 0 Å². The van der Waals surface area contributed by atoms with Crippen molar-refractivity contribution < 1.29 is 9.64 Å². The van der Waals surface area contributed by atoms with Gasteiger partial charge in [0.1, 0.15) is 12.6 Å². The van der Waals surface area contributed by atoms with E-state index in [4.69, 9.17) is 28.6 Å². The van der Waals surface area contributed by atoms with Crippen LogP contribution in [0.5, 0.6) is 0 Å². The quantitative estimate of drug-likeness (QED) is 0.797. The molecule has 0 aliphatic carbocycles. The van der Waals surface area contributed by atoms with Crippen molar-refractivity contribution in [2.45, 2.75) is 37.8 Å². The summed E-state index contributed by atoms with van der Waals surface area (Å²) in [6.07, 6.45) is 5.27. The molecule has 0 amide bonds. The number of anilines is 1. The van der Waals surface area contributed by atoms with E-state index in [0.717, 1.165) is 42.1 Å². The van der Waals surface area contributed by atoms with Crippen molar-refractivity contribution in [3.63, 3.8) is 0 Å². The maximum absolute atomic E-state index is 6.03. The minimum atomic E-state index is 0.466. The number of piperidine rings is 1. The van der Waals surface area contributed by atoms with Gasteiger partial charge in [-0.2, -0.15) is 0 Å². The van der Waals surface area contributed by atoms with Crippen LogP contribution in [0.4, 0.5) is 5.69 Å². The van der Waals surface area contributed by atoms with Crippen molar-refractivity contribution in [2.24, 2.45) is 0 Å². The highest BCUT2D eigenvalue weighted by molar-refractivity contribution is 7.80. The van der Waals surface area contributed by atoms with Gasteiger partial charge in [-0.25, -0.2) is 0 Å². The Bertz CT molecular complexity index is 557. The molecule has 0 spiro atoms. The molecule has 2 aliphatic rings. The average Bonchev–Trinajstić information content (AvgIpc) is 3.08. The van der Waals surface area contributed by atoms with Crippen LogP contribution in [0.2, 0.25) is 5.02 Å². The van der Waals surface area contributed by atoms with Crippen LogP contribution in [0.3, 0.4) is 0 Å². The van der Waals surface area contributed by atoms with E-state index in [1.165, 1.54) is 25.7 Å². The number of ether oxygens (including phenoxy) is 1. The van der Waals surface area contributed by atoms with Crippen molar-refractivity contribution >= 4 is 34.6 Å². The Morgan fingerprint density at radius 1 is 1.38 bits per heavy atom. The highest BCUT2D eigenvalue weighted by Gasteiger charge is 2.29. The zero-order chi connectivity index (χ0) is 16.9. The summed E-state index contributed by atoms with van der Waals surface area (Å²) in [5, 5.41) is 4.82. The van der Waals surface area contributed by atoms with E-state index in [1.807, 2.05) is 24.3 Å². The average molecular weight is 369 g/mol. The van der Waals surface area contributed by atoms with Crippen LogP contribution in [-0.2, 0) is 4.74 Å². The number of likely N-dealkylation sites (tertiary alicyclic amines) is 1. The molecule has 1 aromatic rings. The van der Waals surface area contributed by atoms with Gasteiger partial charge < -0.3 is 19.9 Å². The maximum Gasteiger partial charge on any atom is 0.173 e. The second kappa shape index (κ2) is 8.48. The number of benzene rings is 1. The second-order valence-corrected chi connectivity index (χ2v) is 7.71. The maximum atomic E-state index is 6.03. The van der Waals surface area contributed by atoms with Gasteiger partial charge in [0, 0.05) is 43.2 Å². The largest absolute Gasteiger partial charge is 0.372 e. The Morgan fingerprint density at radius 2 is 2.17 bits per heavy atom. The lowest BCUT2D eigenvalue weighted by Gasteiger charge is -2.36. The van der Waals surface area contributed by atoms with Crippen molar-refractivity contribution in [1.82, 2.24) is 4.90 Å². The monoisotopic (exact) mass is 368 g/mol. The molecule has 0 aromatic heterocycles. The van der Waals surface area contributed by atoms with Gasteiger partial charge in [-0.3, -0.25) is 0 Å². The van der Waals surface area contributed by atoms with E-state index in [0.29, 0.717) is 12.1 Å². The molecular formula is C18H27ClN3OS+. The topological polar surface area (TPSA) is 28.9 Å². The number of quaternary nitrogens is 1. The molecular weight excluding hydrogens is 342 g/mol. The van der Waals surface area contributed by atoms with Gasteiger partial charge in [-0.05, 0) is 43.3 Å². The van der Waals surface area contributed by atoms with Crippen LogP contribution in [-0.4, -0.2) is 55.4 Å². The van der Waals surface area contributed by atoms with Gasteiger partial charge in [0.2, 0.25) is 0 Å². The summed E-state index contributed by atoms with van der Waals surface area (Å²) in [6.45, 7) is 4.11. The van der Waals surface area contributed by atoms with Crippen molar-refractivity contribution in [2.75, 3.05) is 38.6 Å². The normalized spacial score (nSPS) is 23.2. The fourth-order valence-electron chi connectivity index (χ4n) is 3.68. The number of likely N-dealkylation sites (N-methyl/N-ethyl adjacent to an activating group) is 1. The van der Waals surface area contributed by atoms with Crippen LogP contribution in [0.25, 0.3) is 0 Å². The second-order valence-electron chi connectivity index (χ2n) is 6.89. The third-order valence-electron chi connectivity index (χ3n) is 5.13. The Labute approximate surface area is 155 Å². The van der Waals surface area contributed by atoms with Crippen molar-refractivity contribution in [1.29, 1.82) is 0 Å². The molecule has 24 heavy (non-hydrogen) atoms. The minimum Gasteiger partial charge on any atom is -0.372 e. The van der Waals surface area contributed by atoms with Crippen LogP contribution in [0.1, 0.15) is 25.7 Å². The number of nitrogens with zero attached hydrogens (tertiary/aromatic N) is 1. The molecule has 3 rings (SSSR count). The van der Waals surface area contributed by atoms with E-state index in [9.17, 15) is 0 Å². The lowest BCUT2D eigenvalue weighted by Crippen LogP contribution is -3.14. The highest BCUT2D eigenvalue weighted by atomic mass is 35.5. The lowest BCUT2D eigenvalue weighted by molar-refractivity contribution is -0.910. The zero-order valence-electron chi connectivity index (χ0n) is 14.3. The van der Waals surface area contributed by atoms with Gasteiger partial charge >= 0.3 is 0 Å². The molecule has 6 heteroatoms. The molecule has 2 saturated heterocycles. The molecule has 4 nitrogen and oxygen atoms in total. The molecule has 2 N–H and O–H groups in total. The number of hydrogen-bond donors (Lipinski definition) is 2. The molecule has 2 unspecified atom stereocenters. The smallest absolute Gasteiger partial charge is 0.173 e. The summed E-state index contributed by atoms with van der Waals surface area (Å²) >= 11 is 11.6. The van der Waals surface area contributed by atoms with Crippen LogP contribution in [0.15, 0.2) is 24.3 Å². The summed E-state index contributed by atoms with van der Waals surface area (Å²) in [5.41, 5.74) is 0.954. The number of thiocarbonyl (C=S) groups is 1. The van der Waals surface area contributed by atoms with Gasteiger partial charge in [-0.1, -0.05) is 17.7 Å². The summed E-state index contributed by atoms with van der Waals surface area (Å²) < 4.78 is 5.78. The first kappa shape index (κ1) is 17.9. The number of halogens is 1. The molecule has 0 radical (unpaired) electrons. The standard InChI is InChI=1S/C18H26ClN3OS/c1-21(13-17-6-3-11-23-17)16-7-9-22(10-8-16)18(24)20-15-5-2-4-14(19)12-15/h2,4-5,12,16-17H,3,6-11,13H2,1H3,(H,20,24)/p+1. The van der Waals surface area contributed by atoms with Gasteiger partial charge in [-0.15, -0.1) is 0 Å². The number of nitrogens with one attached hydrogen (secondary N) is 2. The summed E-state index contributed by atoms with van der Waals surface area (Å²) in [5.74, 6) is 0.